The van der Waals surface area contributed by atoms with Crippen LogP contribution >= 0.6 is 11.6 Å². The summed E-state index contributed by atoms with van der Waals surface area (Å²) in [4.78, 5) is 24.9. The molecule has 1 N–H and O–H groups in total. The molecule has 0 radical (unpaired) electrons. The van der Waals surface area contributed by atoms with Gasteiger partial charge in [-0.2, -0.15) is 0 Å². The van der Waals surface area contributed by atoms with Crippen LogP contribution in [0.25, 0.3) is 0 Å². The molecule has 0 bridgehead atoms. The first-order valence-electron chi connectivity index (χ1n) is 6.33. The number of aliphatic carboxylic acids is 1. The Kier molecular flexibility index (Phi) is 4.65. The van der Waals surface area contributed by atoms with Gasteiger partial charge >= 0.3 is 5.97 Å². The minimum absolute atomic E-state index is 0.0230. The maximum Gasteiger partial charge on any atom is 0.308 e. The molecule has 0 spiro atoms. The number of carboxylic acid groups (broad SMARTS) is 1. The van der Waals surface area contributed by atoms with Gasteiger partial charge in [0.15, 0.2) is 5.76 Å². The quantitative estimate of drug-likeness (QED) is 0.920. The van der Waals surface area contributed by atoms with E-state index in [0.717, 1.165) is 0 Å². The number of benzene rings is 1. The second kappa shape index (κ2) is 6.45. The van der Waals surface area contributed by atoms with Crippen LogP contribution in [0, 0.1) is 5.92 Å². The van der Waals surface area contributed by atoms with Gasteiger partial charge < -0.3 is 14.4 Å². The zero-order valence-corrected chi connectivity index (χ0v) is 12.1. The SMILES string of the molecule is CC(CN(C(=O)c1ccco1)c1cccc(Cl)c1)C(=O)O. The summed E-state index contributed by atoms with van der Waals surface area (Å²) in [5.41, 5.74) is 0.525. The van der Waals surface area contributed by atoms with Crippen LogP contribution in [0.15, 0.2) is 47.1 Å². The van der Waals surface area contributed by atoms with Gasteiger partial charge in [-0.3, -0.25) is 9.59 Å². The molecule has 0 saturated heterocycles. The predicted octanol–water partition coefficient (Wildman–Crippen LogP) is 3.30. The van der Waals surface area contributed by atoms with Crippen molar-refractivity contribution in [1.82, 2.24) is 0 Å². The van der Waals surface area contributed by atoms with Gasteiger partial charge in [-0.05, 0) is 30.3 Å². The molecule has 0 aliphatic rings. The summed E-state index contributed by atoms with van der Waals surface area (Å²) >= 11 is 5.94. The maximum atomic E-state index is 12.5. The molecule has 1 aromatic heterocycles. The van der Waals surface area contributed by atoms with Crippen LogP contribution in [0.1, 0.15) is 17.5 Å². The molecule has 1 aromatic carbocycles. The van der Waals surface area contributed by atoms with Crippen LogP contribution in [0.4, 0.5) is 5.69 Å². The Balaban J connectivity index is 2.34. The summed E-state index contributed by atoms with van der Waals surface area (Å²) in [7, 11) is 0. The number of rotatable bonds is 5. The van der Waals surface area contributed by atoms with E-state index in [1.54, 1.807) is 30.3 Å². The summed E-state index contributed by atoms with van der Waals surface area (Å²) in [5.74, 6) is -1.96. The highest BCUT2D eigenvalue weighted by molar-refractivity contribution is 6.31. The highest BCUT2D eigenvalue weighted by Crippen LogP contribution is 2.23. The molecule has 1 unspecified atom stereocenters. The van der Waals surface area contributed by atoms with Crippen LogP contribution in [0.3, 0.4) is 0 Å². The average Bonchev–Trinajstić information content (AvgIpc) is 2.97. The molecule has 0 fully saturated rings. The Hall–Kier alpha value is -2.27. The fourth-order valence-electron chi connectivity index (χ4n) is 1.83. The van der Waals surface area contributed by atoms with E-state index in [1.807, 2.05) is 0 Å². The van der Waals surface area contributed by atoms with Crippen LogP contribution in [-0.4, -0.2) is 23.5 Å². The van der Waals surface area contributed by atoms with Crippen molar-refractivity contribution in [2.45, 2.75) is 6.92 Å². The Bertz CT molecular complexity index is 639. The summed E-state index contributed by atoms with van der Waals surface area (Å²) in [6, 6.07) is 9.82. The van der Waals surface area contributed by atoms with Crippen molar-refractivity contribution in [1.29, 1.82) is 0 Å². The molecule has 21 heavy (non-hydrogen) atoms. The number of halogens is 1. The lowest BCUT2D eigenvalue weighted by Crippen LogP contribution is -2.36. The Labute approximate surface area is 126 Å². The molecule has 0 aliphatic heterocycles. The lowest BCUT2D eigenvalue weighted by molar-refractivity contribution is -0.140. The predicted molar refractivity (Wildman–Crippen MR) is 78.6 cm³/mol. The van der Waals surface area contributed by atoms with Gasteiger partial charge in [0.1, 0.15) is 0 Å². The van der Waals surface area contributed by atoms with E-state index in [0.29, 0.717) is 10.7 Å². The molecule has 2 rings (SSSR count). The topological polar surface area (TPSA) is 70.8 Å². The molecule has 1 amide bonds. The molecule has 1 heterocycles. The lowest BCUT2D eigenvalue weighted by Gasteiger charge is -2.24. The largest absolute Gasteiger partial charge is 0.481 e. The van der Waals surface area contributed by atoms with Gasteiger partial charge in [0, 0.05) is 17.3 Å². The minimum Gasteiger partial charge on any atom is -0.481 e. The molecule has 110 valence electrons. The number of carboxylic acids is 1. The number of carbonyl (C=O) groups is 2. The second-order valence-electron chi connectivity index (χ2n) is 4.61. The third kappa shape index (κ3) is 3.64. The summed E-state index contributed by atoms with van der Waals surface area (Å²) in [6.45, 7) is 1.56. The number of anilines is 1. The Morgan fingerprint density at radius 1 is 1.33 bits per heavy atom. The number of furan rings is 1. The normalized spacial score (nSPS) is 11.9. The fraction of sp³-hybridized carbons (Fsp3) is 0.200. The molecular formula is C15H14ClNO4. The first-order valence-corrected chi connectivity index (χ1v) is 6.70. The van der Waals surface area contributed by atoms with Crippen LogP contribution in [0.5, 0.6) is 0 Å². The molecule has 0 saturated carbocycles. The van der Waals surface area contributed by atoms with Crippen molar-refractivity contribution in [2.24, 2.45) is 5.92 Å². The van der Waals surface area contributed by atoms with Crippen LogP contribution in [-0.2, 0) is 4.79 Å². The van der Waals surface area contributed by atoms with Gasteiger partial charge in [0.05, 0.1) is 12.2 Å². The van der Waals surface area contributed by atoms with Crippen molar-refractivity contribution in [2.75, 3.05) is 11.4 Å². The van der Waals surface area contributed by atoms with E-state index in [9.17, 15) is 9.59 Å². The van der Waals surface area contributed by atoms with E-state index in [-0.39, 0.29) is 12.3 Å². The van der Waals surface area contributed by atoms with Gasteiger partial charge in [-0.1, -0.05) is 24.6 Å². The smallest absolute Gasteiger partial charge is 0.308 e. The van der Waals surface area contributed by atoms with Gasteiger partial charge in [0.2, 0.25) is 0 Å². The van der Waals surface area contributed by atoms with E-state index in [1.165, 1.54) is 24.2 Å². The first-order chi connectivity index (χ1) is 9.99. The zero-order chi connectivity index (χ0) is 15.4. The van der Waals surface area contributed by atoms with Crippen molar-refractivity contribution in [3.05, 3.63) is 53.4 Å². The summed E-state index contributed by atoms with van der Waals surface area (Å²) in [6.07, 6.45) is 1.39. The number of hydrogen-bond acceptors (Lipinski definition) is 3. The highest BCUT2D eigenvalue weighted by Gasteiger charge is 2.24. The second-order valence-corrected chi connectivity index (χ2v) is 5.05. The zero-order valence-electron chi connectivity index (χ0n) is 11.3. The van der Waals surface area contributed by atoms with Gasteiger partial charge in [-0.15, -0.1) is 0 Å². The third-order valence-corrected chi connectivity index (χ3v) is 3.21. The fourth-order valence-corrected chi connectivity index (χ4v) is 2.02. The molecule has 5 nitrogen and oxygen atoms in total. The van der Waals surface area contributed by atoms with Crippen molar-refractivity contribution in [3.8, 4) is 0 Å². The van der Waals surface area contributed by atoms with Crippen LogP contribution < -0.4 is 4.90 Å². The van der Waals surface area contributed by atoms with Crippen LogP contribution in [0.2, 0.25) is 5.02 Å². The monoisotopic (exact) mass is 307 g/mol. The molecular weight excluding hydrogens is 294 g/mol. The average molecular weight is 308 g/mol. The van der Waals surface area contributed by atoms with E-state index >= 15 is 0 Å². The number of carbonyl (C=O) groups excluding carboxylic acids is 1. The lowest BCUT2D eigenvalue weighted by atomic mass is 10.1. The van der Waals surface area contributed by atoms with E-state index in [4.69, 9.17) is 21.1 Å². The number of nitrogens with zero attached hydrogens (tertiary/aromatic N) is 1. The molecule has 2 aromatic rings. The van der Waals surface area contributed by atoms with Crippen molar-refractivity contribution < 1.29 is 19.1 Å². The number of amides is 1. The molecule has 1 atom stereocenters. The standard InChI is InChI=1S/C15H14ClNO4/c1-10(15(19)20)9-17(12-5-2-4-11(16)8-12)14(18)13-6-3-7-21-13/h2-8,10H,9H2,1H3,(H,19,20). The Morgan fingerprint density at radius 2 is 2.10 bits per heavy atom. The van der Waals surface area contributed by atoms with Crippen molar-refractivity contribution in [3.63, 3.8) is 0 Å². The molecule has 0 aliphatic carbocycles. The minimum atomic E-state index is -0.978. The maximum absolute atomic E-state index is 12.5. The van der Waals surface area contributed by atoms with Gasteiger partial charge in [-0.25, -0.2) is 0 Å². The first kappa shape index (κ1) is 15.1. The van der Waals surface area contributed by atoms with E-state index < -0.39 is 17.8 Å². The van der Waals surface area contributed by atoms with Gasteiger partial charge in [0.25, 0.3) is 5.91 Å². The van der Waals surface area contributed by atoms with Crippen molar-refractivity contribution >= 4 is 29.2 Å². The summed E-state index contributed by atoms with van der Waals surface area (Å²) < 4.78 is 5.10. The Morgan fingerprint density at radius 3 is 2.67 bits per heavy atom. The third-order valence-electron chi connectivity index (χ3n) is 2.97. The molecule has 6 heteroatoms. The van der Waals surface area contributed by atoms with E-state index in [2.05, 4.69) is 0 Å². The number of hydrogen-bond donors (Lipinski definition) is 1. The summed E-state index contributed by atoms with van der Waals surface area (Å²) in [5, 5.41) is 9.52. The highest BCUT2D eigenvalue weighted by atomic mass is 35.5.